The van der Waals surface area contributed by atoms with Crippen molar-refractivity contribution >= 4 is 148 Å². The number of aromatic amines is 3. The summed E-state index contributed by atoms with van der Waals surface area (Å²) in [5.41, 5.74) is 3.86. The fourth-order valence-electron chi connectivity index (χ4n) is 10.6. The first kappa shape index (κ1) is 65.8. The summed E-state index contributed by atoms with van der Waals surface area (Å²) in [7, 11) is 0. The van der Waals surface area contributed by atoms with Crippen LogP contribution in [0.1, 0.15) is 58.9 Å². The maximum absolute atomic E-state index is 12.9. The van der Waals surface area contributed by atoms with E-state index in [4.69, 9.17) is 59.7 Å². The number of H-pyrrole nitrogens is 3. The Morgan fingerprint density at radius 1 is 0.634 bits per heavy atom. The fraction of sp³-hybridized carbons (Fsp3) is 0.302. The monoisotopic (exact) mass is 1380 g/mol. The van der Waals surface area contributed by atoms with Crippen molar-refractivity contribution in [2.75, 3.05) is 59.9 Å². The van der Waals surface area contributed by atoms with Gasteiger partial charge in [-0.2, -0.15) is 13.2 Å². The van der Waals surface area contributed by atoms with Gasteiger partial charge < -0.3 is 46.4 Å². The Bertz CT molecular complexity index is 4620. The summed E-state index contributed by atoms with van der Waals surface area (Å²) in [6.07, 6.45) is 8.65. The summed E-state index contributed by atoms with van der Waals surface area (Å²) < 4.78 is 50.5. The lowest BCUT2D eigenvalue weighted by atomic mass is 10.0. The van der Waals surface area contributed by atoms with Crippen molar-refractivity contribution < 1.29 is 43.4 Å². The van der Waals surface area contributed by atoms with Crippen LogP contribution in [0.2, 0.25) is 15.1 Å². The van der Waals surface area contributed by atoms with E-state index in [9.17, 15) is 31.9 Å². The molecule has 0 saturated carbocycles. The number of aromatic nitrogens is 12. The summed E-state index contributed by atoms with van der Waals surface area (Å²) in [5.74, 6) is 3.80. The number of rotatable bonds is 15. The van der Waals surface area contributed by atoms with Crippen molar-refractivity contribution in [1.29, 1.82) is 0 Å². The molecule has 11 aromatic rings. The van der Waals surface area contributed by atoms with Crippen LogP contribution in [0, 0.1) is 0 Å². The van der Waals surface area contributed by atoms with Crippen molar-refractivity contribution in [3.8, 4) is 34.2 Å². The molecule has 11 heterocycles. The van der Waals surface area contributed by atoms with Crippen LogP contribution in [0.25, 0.3) is 89.1 Å². The predicted molar refractivity (Wildman–Crippen MR) is 378 cm³/mol. The van der Waals surface area contributed by atoms with Crippen molar-refractivity contribution in [3.63, 3.8) is 0 Å². The topological polar surface area (TPSA) is 278 Å². The number of pyridine rings is 3. The predicted octanol–water partition coefficient (Wildman–Crippen LogP) is 14.7. The largest absolute Gasteiger partial charge is 0.405 e. The highest BCUT2D eigenvalue weighted by Crippen LogP contribution is 2.51. The smallest absolute Gasteiger partial charge is 0.356 e. The maximum Gasteiger partial charge on any atom is 0.405 e. The van der Waals surface area contributed by atoms with Gasteiger partial charge in [-0.3, -0.25) is 14.4 Å². The van der Waals surface area contributed by atoms with Gasteiger partial charge in [0.15, 0.2) is 17.5 Å². The molecule has 2 aromatic carbocycles. The number of carbonyl (C=O) groups is 3. The molecule has 13 rings (SSSR count). The molecule has 2 fully saturated rings. The minimum Gasteiger partial charge on any atom is -0.356 e. The Morgan fingerprint density at radius 2 is 1.11 bits per heavy atom. The summed E-state index contributed by atoms with van der Waals surface area (Å²) in [6, 6.07) is 21.5. The molecule has 2 aliphatic rings. The average molecular weight is 1380 g/mol. The number of anilines is 3. The number of alkyl halides is 4. The Hall–Kier alpha value is -8.63. The number of hydrogen-bond donors (Lipinski definition) is 8. The zero-order valence-corrected chi connectivity index (χ0v) is 54.5. The first-order valence-corrected chi connectivity index (χ1v) is 32.4. The molecule has 30 heteroatoms. The number of fused-ring (bicyclic) bond motifs is 5. The Morgan fingerprint density at radius 3 is 1.58 bits per heavy atom. The number of nitrogens with one attached hydrogen (secondary N) is 8. The number of hydrogen-bond acceptors (Lipinski definition) is 17. The molecule has 0 aliphatic carbocycles. The van der Waals surface area contributed by atoms with E-state index in [0.717, 1.165) is 61.5 Å². The maximum atomic E-state index is 12.9. The first-order valence-electron chi connectivity index (χ1n) is 29.3. The molecule has 1 spiro atoms. The number of halogens is 7. The van der Waals surface area contributed by atoms with Crippen molar-refractivity contribution in [2.45, 2.75) is 74.8 Å². The van der Waals surface area contributed by atoms with Crippen LogP contribution in [0.5, 0.6) is 0 Å². The van der Waals surface area contributed by atoms with Gasteiger partial charge in [-0.05, 0) is 101 Å². The van der Waals surface area contributed by atoms with Crippen LogP contribution in [0.15, 0.2) is 116 Å². The lowest BCUT2D eigenvalue weighted by Crippen LogP contribution is -2.48. The van der Waals surface area contributed by atoms with E-state index < -0.39 is 42.4 Å². The Labute approximate surface area is 564 Å². The summed E-state index contributed by atoms with van der Waals surface area (Å²) in [4.78, 5) is 89.8. The molecule has 21 nitrogen and oxygen atoms in total. The van der Waals surface area contributed by atoms with Crippen LogP contribution < -0.4 is 31.5 Å². The highest BCUT2D eigenvalue weighted by Gasteiger charge is 2.49. The van der Waals surface area contributed by atoms with Gasteiger partial charge >= 0.3 is 6.18 Å². The second-order valence-corrected chi connectivity index (χ2v) is 27.3. The standard InChI is InChI=1S/C21H20ClF3N6OS2.C21H20ClFN6O.C21H21ClN6O.8H2/c22-12-6-13-14(9-28-17(13)27-8-12)18-26-3-2-16(30-18)31-11-20(33-4-1-5-34-20)7-15(31)19(32)29-10-21(23,24)25;1-21(2,20(30)24-8-7-23)29-19-13-5-3-4-6-16(13)27-18(28-19)15-11-26-17-14(15)9-12(22)10-25-17;1-4-23-20(29)21(2,3)28-19-13-7-5-6-8-16(13)26-18(27-19)15-11-25-17-14(15)9-12(22)10-24-17;;;;;;;;/h2-3,6,8-9,15H,1,4-5,7,10-11H2,(H,27,28)(H,29,32);3-6,9-11H,7-8H2,1-2H3,(H,24,30)(H,25,26)(H,27,28,29);5-11H,4H2,1-3H3,(H,23,29)(H,24,25)(H,26,27,28);8*1H/t15-;;;;;;;;;;/m1........../s1. The van der Waals surface area contributed by atoms with Gasteiger partial charge in [0.05, 0.1) is 30.2 Å². The SMILES string of the molecule is CC(C)(Nc1nc(-c2c[nH]c3ncc(Cl)cc23)nc2ccccc12)C(=O)NCCF.CCNC(=O)C(C)(C)Nc1nc(-c2c[nH]c3ncc(Cl)cc23)nc2ccccc12.O=C(NCC(F)(F)F)[C@H]1CC2(CN1c1ccnc(-c3c[nH]c4ncc(Cl)cc34)n1)SCCCS2.[HH].[HH].[HH].[HH].[HH].[HH].[HH].[HH]. The molecule has 9 aromatic heterocycles. The van der Waals surface area contributed by atoms with Crippen LogP contribution in [-0.2, 0) is 14.4 Å². The van der Waals surface area contributed by atoms with Gasteiger partial charge in [0, 0.05) is 124 Å². The molecular formula is C63H77Cl3F4N18O3S2. The van der Waals surface area contributed by atoms with E-state index in [-0.39, 0.29) is 33.9 Å². The number of amides is 3. The molecule has 2 aliphatic heterocycles. The van der Waals surface area contributed by atoms with Gasteiger partial charge in [-0.1, -0.05) is 59.1 Å². The van der Waals surface area contributed by atoms with Crippen molar-refractivity contribution in [1.82, 2.24) is 75.8 Å². The third kappa shape index (κ3) is 14.9. The average Bonchev–Trinajstić information content (AvgIpc) is 1.72. The lowest BCUT2D eigenvalue weighted by Gasteiger charge is -2.31. The number of para-hydroxylation sites is 2. The minimum atomic E-state index is -4.47. The molecule has 0 radical (unpaired) electrons. The van der Waals surface area contributed by atoms with Gasteiger partial charge in [0.25, 0.3) is 0 Å². The molecule has 498 valence electrons. The van der Waals surface area contributed by atoms with E-state index in [2.05, 4.69) is 61.5 Å². The van der Waals surface area contributed by atoms with E-state index >= 15 is 0 Å². The lowest BCUT2D eigenvalue weighted by molar-refractivity contribution is -0.139. The zero-order chi connectivity index (χ0) is 65.8. The van der Waals surface area contributed by atoms with Gasteiger partial charge in [-0.15, -0.1) is 23.5 Å². The fourth-order valence-corrected chi connectivity index (χ4v) is 14.4. The second kappa shape index (κ2) is 27.5. The van der Waals surface area contributed by atoms with Crippen LogP contribution in [0.4, 0.5) is 35.0 Å². The van der Waals surface area contributed by atoms with Gasteiger partial charge in [-0.25, -0.2) is 49.2 Å². The number of thioether (sulfide) groups is 2. The molecule has 1 atom stereocenters. The minimum absolute atomic E-state index is 0. The highest BCUT2D eigenvalue weighted by atomic mass is 35.5. The number of likely N-dealkylation sites (N-methyl/N-ethyl adjacent to an activating group) is 1. The first-order chi connectivity index (χ1) is 44.5. The molecule has 8 N–H and O–H groups in total. The molecule has 0 bridgehead atoms. The molecule has 0 unspecified atom stereocenters. The van der Waals surface area contributed by atoms with E-state index in [1.54, 1.807) is 86.6 Å². The zero-order valence-electron chi connectivity index (χ0n) is 50.6. The highest BCUT2D eigenvalue weighted by molar-refractivity contribution is 8.18. The third-order valence-electron chi connectivity index (χ3n) is 15.1. The third-order valence-corrected chi connectivity index (χ3v) is 19.1. The molecule has 2 saturated heterocycles. The van der Waals surface area contributed by atoms with Crippen LogP contribution in [-0.4, -0.2) is 149 Å². The quantitative estimate of drug-likeness (QED) is 0.0443. The number of benzene rings is 2. The Kier molecular flexibility index (Phi) is 19.5. The summed E-state index contributed by atoms with van der Waals surface area (Å²) in [5, 5.41) is 19.5. The normalized spacial score (nSPS) is 14.8. The van der Waals surface area contributed by atoms with Gasteiger partial charge in [0.2, 0.25) is 17.7 Å². The van der Waals surface area contributed by atoms with Crippen molar-refractivity contribution in [3.05, 3.63) is 131 Å². The molecular weight excluding hydrogens is 1300 g/mol. The molecule has 3 amide bonds. The summed E-state index contributed by atoms with van der Waals surface area (Å²) in [6.45, 7) is 8.01. The summed E-state index contributed by atoms with van der Waals surface area (Å²) >= 11 is 21.9. The van der Waals surface area contributed by atoms with E-state index in [1.165, 1.54) is 6.20 Å². The van der Waals surface area contributed by atoms with Crippen molar-refractivity contribution in [2.24, 2.45) is 0 Å². The molecule has 93 heavy (non-hydrogen) atoms. The van der Waals surface area contributed by atoms with Crippen LogP contribution >= 0.6 is 58.3 Å². The van der Waals surface area contributed by atoms with Crippen LogP contribution in [0.3, 0.4) is 0 Å². The number of carbonyl (C=O) groups excluding carboxylic acids is 3. The van der Waals surface area contributed by atoms with E-state index in [0.29, 0.717) is 97.5 Å². The van der Waals surface area contributed by atoms with E-state index in [1.807, 2.05) is 86.5 Å². The Balaban J connectivity index is 0.000000380. The number of nitrogens with zero attached hydrogens (tertiary/aromatic N) is 10. The van der Waals surface area contributed by atoms with Gasteiger partial charge in [0.1, 0.15) is 64.7 Å². The second-order valence-electron chi connectivity index (χ2n) is 22.8.